The van der Waals surface area contributed by atoms with Crippen molar-refractivity contribution in [3.8, 4) is 0 Å². The molecule has 7 heteroatoms. The van der Waals surface area contributed by atoms with Crippen molar-refractivity contribution in [2.24, 2.45) is 5.92 Å². The number of nitrogens with one attached hydrogen (secondary N) is 1. The van der Waals surface area contributed by atoms with Crippen molar-refractivity contribution in [3.63, 3.8) is 0 Å². The highest BCUT2D eigenvalue weighted by Gasteiger charge is 2.42. The first-order valence-corrected chi connectivity index (χ1v) is 7.47. The Balaban J connectivity index is 2.07. The van der Waals surface area contributed by atoms with E-state index < -0.39 is 17.9 Å². The lowest BCUT2D eigenvalue weighted by atomic mass is 9.93. The molecule has 1 fully saturated rings. The molecule has 24 heavy (non-hydrogen) atoms. The summed E-state index contributed by atoms with van der Waals surface area (Å²) in [6, 6.07) is 5.32. The van der Waals surface area contributed by atoms with Crippen LogP contribution >= 0.6 is 0 Å². The van der Waals surface area contributed by atoms with E-state index in [0.717, 1.165) is 0 Å². The van der Waals surface area contributed by atoms with Crippen LogP contribution in [0.1, 0.15) is 18.0 Å². The number of carbonyl (C=O) groups is 3. The van der Waals surface area contributed by atoms with E-state index >= 15 is 0 Å². The Morgan fingerprint density at radius 1 is 1.38 bits per heavy atom. The summed E-state index contributed by atoms with van der Waals surface area (Å²) in [4.78, 5) is 36.8. The van der Waals surface area contributed by atoms with Gasteiger partial charge in [-0.15, -0.1) is 0 Å². The number of hydrogen-bond acceptors (Lipinski definition) is 4. The van der Waals surface area contributed by atoms with Gasteiger partial charge in [0.1, 0.15) is 5.82 Å². The van der Waals surface area contributed by atoms with Crippen LogP contribution in [-0.2, 0) is 19.1 Å². The summed E-state index contributed by atoms with van der Waals surface area (Å²) in [5.74, 6) is -1.89. The monoisotopic (exact) mass is 334 g/mol. The van der Waals surface area contributed by atoms with Crippen molar-refractivity contribution in [3.05, 3.63) is 47.8 Å². The van der Waals surface area contributed by atoms with Gasteiger partial charge in [-0.2, -0.15) is 0 Å². The van der Waals surface area contributed by atoms with E-state index in [1.165, 1.54) is 36.3 Å². The van der Waals surface area contributed by atoms with Crippen molar-refractivity contribution < 1.29 is 23.5 Å². The Kier molecular flexibility index (Phi) is 5.68. The largest absolute Gasteiger partial charge is 0.466 e. The fourth-order valence-corrected chi connectivity index (χ4v) is 2.73. The number of amides is 2. The van der Waals surface area contributed by atoms with Crippen LogP contribution in [0.15, 0.2) is 36.4 Å². The van der Waals surface area contributed by atoms with E-state index in [9.17, 15) is 18.8 Å². The summed E-state index contributed by atoms with van der Waals surface area (Å²) in [6.45, 7) is 0.151. The van der Waals surface area contributed by atoms with Gasteiger partial charge in [-0.3, -0.25) is 9.59 Å². The molecule has 6 nitrogen and oxygen atoms in total. The van der Waals surface area contributed by atoms with Crippen LogP contribution in [-0.4, -0.2) is 43.4 Å². The first kappa shape index (κ1) is 17.7. The summed E-state index contributed by atoms with van der Waals surface area (Å²) < 4.78 is 17.5. The second kappa shape index (κ2) is 7.72. The zero-order valence-corrected chi connectivity index (χ0v) is 13.5. The SMILES string of the molecule is COC(=O)/C=C/CNC(=O)C1CC(=O)N(C)C1c1ccc(F)cc1. The Morgan fingerprint density at radius 2 is 2.04 bits per heavy atom. The molecule has 0 aromatic heterocycles. The van der Waals surface area contributed by atoms with Gasteiger partial charge in [0.15, 0.2) is 0 Å². The Labute approximate surface area is 139 Å². The average Bonchev–Trinajstić information content (AvgIpc) is 2.87. The van der Waals surface area contributed by atoms with Gasteiger partial charge in [0.2, 0.25) is 11.8 Å². The quantitative estimate of drug-likeness (QED) is 0.648. The molecular formula is C17H19FN2O4. The lowest BCUT2D eigenvalue weighted by Crippen LogP contribution is -2.34. The zero-order chi connectivity index (χ0) is 17.7. The van der Waals surface area contributed by atoms with Crippen LogP contribution in [0.25, 0.3) is 0 Å². The van der Waals surface area contributed by atoms with Crippen molar-refractivity contribution >= 4 is 17.8 Å². The number of hydrogen-bond donors (Lipinski definition) is 1. The highest BCUT2D eigenvalue weighted by atomic mass is 19.1. The lowest BCUT2D eigenvalue weighted by molar-refractivity contribution is -0.135. The molecule has 2 atom stereocenters. The Hall–Kier alpha value is -2.70. The van der Waals surface area contributed by atoms with Gasteiger partial charge in [0.05, 0.1) is 19.1 Å². The van der Waals surface area contributed by atoms with E-state index in [4.69, 9.17) is 0 Å². The van der Waals surface area contributed by atoms with E-state index in [1.807, 2.05) is 0 Å². The zero-order valence-electron chi connectivity index (χ0n) is 13.5. The van der Waals surface area contributed by atoms with Crippen molar-refractivity contribution in [2.75, 3.05) is 20.7 Å². The molecular weight excluding hydrogens is 315 g/mol. The molecule has 0 bridgehead atoms. The molecule has 0 aliphatic carbocycles. The number of nitrogens with zero attached hydrogens (tertiary/aromatic N) is 1. The topological polar surface area (TPSA) is 75.7 Å². The predicted molar refractivity (Wildman–Crippen MR) is 84.2 cm³/mol. The number of esters is 1. The maximum absolute atomic E-state index is 13.1. The summed E-state index contributed by atoms with van der Waals surface area (Å²) >= 11 is 0. The summed E-state index contributed by atoms with van der Waals surface area (Å²) in [7, 11) is 2.89. The Morgan fingerprint density at radius 3 is 2.67 bits per heavy atom. The summed E-state index contributed by atoms with van der Waals surface area (Å²) in [5.41, 5.74) is 0.704. The molecule has 1 aromatic carbocycles. The van der Waals surface area contributed by atoms with E-state index in [1.54, 1.807) is 19.2 Å². The third-order valence-electron chi connectivity index (χ3n) is 3.98. The van der Waals surface area contributed by atoms with Gasteiger partial charge in [-0.05, 0) is 17.7 Å². The highest BCUT2D eigenvalue weighted by Crippen LogP contribution is 2.37. The molecule has 1 saturated heterocycles. The molecule has 0 saturated carbocycles. The number of benzene rings is 1. The number of ether oxygens (including phenoxy) is 1. The molecule has 0 spiro atoms. The third kappa shape index (κ3) is 3.98. The van der Waals surface area contributed by atoms with E-state index in [0.29, 0.717) is 5.56 Å². The van der Waals surface area contributed by atoms with Crippen LogP contribution in [0.3, 0.4) is 0 Å². The first-order valence-electron chi connectivity index (χ1n) is 7.47. The fourth-order valence-electron chi connectivity index (χ4n) is 2.73. The minimum absolute atomic E-state index is 0.0884. The summed E-state index contributed by atoms with van der Waals surface area (Å²) in [6.07, 6.45) is 2.77. The van der Waals surface area contributed by atoms with Gasteiger partial charge >= 0.3 is 5.97 Å². The smallest absolute Gasteiger partial charge is 0.330 e. The molecule has 2 unspecified atom stereocenters. The molecule has 1 aliphatic heterocycles. The lowest BCUT2D eigenvalue weighted by Gasteiger charge is -2.24. The third-order valence-corrected chi connectivity index (χ3v) is 3.98. The van der Waals surface area contributed by atoms with Gasteiger partial charge < -0.3 is 15.0 Å². The number of methoxy groups -OCH3 is 1. The standard InChI is InChI=1S/C17H19FN2O4/c1-20-14(21)10-13(16(20)11-5-7-12(18)8-6-11)17(23)19-9-3-4-15(22)24-2/h3-8,13,16H,9-10H2,1-2H3,(H,19,23)/b4-3+. The molecule has 0 radical (unpaired) electrons. The second-order valence-electron chi connectivity index (χ2n) is 5.48. The Bertz CT molecular complexity index is 657. The van der Waals surface area contributed by atoms with Crippen LogP contribution < -0.4 is 5.32 Å². The summed E-state index contributed by atoms with van der Waals surface area (Å²) in [5, 5.41) is 2.67. The van der Waals surface area contributed by atoms with Crippen LogP contribution in [0.5, 0.6) is 0 Å². The molecule has 1 N–H and O–H groups in total. The number of likely N-dealkylation sites (tertiary alicyclic amines) is 1. The van der Waals surface area contributed by atoms with E-state index in [2.05, 4.69) is 10.1 Å². The number of rotatable bonds is 5. The first-order chi connectivity index (χ1) is 11.4. The minimum Gasteiger partial charge on any atom is -0.466 e. The molecule has 128 valence electrons. The molecule has 1 aliphatic rings. The van der Waals surface area contributed by atoms with Gasteiger partial charge in [-0.25, -0.2) is 9.18 Å². The average molecular weight is 334 g/mol. The molecule has 1 heterocycles. The maximum atomic E-state index is 13.1. The van der Waals surface area contributed by atoms with Gasteiger partial charge in [-0.1, -0.05) is 18.2 Å². The van der Waals surface area contributed by atoms with Crippen molar-refractivity contribution in [1.29, 1.82) is 0 Å². The van der Waals surface area contributed by atoms with Gasteiger partial charge in [0, 0.05) is 26.1 Å². The second-order valence-corrected chi connectivity index (χ2v) is 5.48. The minimum atomic E-state index is -0.570. The van der Waals surface area contributed by atoms with Crippen molar-refractivity contribution in [2.45, 2.75) is 12.5 Å². The van der Waals surface area contributed by atoms with Crippen LogP contribution in [0.4, 0.5) is 4.39 Å². The highest BCUT2D eigenvalue weighted by molar-refractivity contribution is 5.90. The van der Waals surface area contributed by atoms with Crippen molar-refractivity contribution in [1.82, 2.24) is 10.2 Å². The fraction of sp³-hybridized carbons (Fsp3) is 0.353. The maximum Gasteiger partial charge on any atom is 0.330 e. The van der Waals surface area contributed by atoms with E-state index in [-0.39, 0.29) is 30.6 Å². The van der Waals surface area contributed by atoms with Crippen LogP contribution in [0, 0.1) is 11.7 Å². The predicted octanol–water partition coefficient (Wildman–Crippen LogP) is 1.19. The van der Waals surface area contributed by atoms with Gasteiger partial charge in [0.25, 0.3) is 0 Å². The number of halogens is 1. The molecule has 2 amide bonds. The molecule has 2 rings (SSSR count). The normalized spacial score (nSPS) is 20.5. The molecule has 1 aromatic rings. The van der Waals surface area contributed by atoms with Crippen LogP contribution in [0.2, 0.25) is 0 Å². The number of carbonyl (C=O) groups excluding carboxylic acids is 3.